The van der Waals surface area contributed by atoms with E-state index >= 15 is 0 Å². The third kappa shape index (κ3) is 2.84. The number of aliphatic carboxylic acids is 1. The Morgan fingerprint density at radius 3 is 2.59 bits per heavy atom. The number of hydrogen-bond donors (Lipinski definition) is 2. The van der Waals surface area contributed by atoms with E-state index in [9.17, 15) is 9.90 Å². The van der Waals surface area contributed by atoms with Crippen molar-refractivity contribution in [2.75, 3.05) is 13.1 Å². The highest BCUT2D eigenvalue weighted by molar-refractivity contribution is 9.10. The van der Waals surface area contributed by atoms with Gasteiger partial charge in [-0.1, -0.05) is 12.1 Å². The zero-order valence-corrected chi connectivity index (χ0v) is 11.7. The van der Waals surface area contributed by atoms with E-state index in [4.69, 9.17) is 0 Å². The first-order valence-corrected chi connectivity index (χ1v) is 7.13. The Morgan fingerprint density at radius 2 is 2.00 bits per heavy atom. The molecule has 0 bridgehead atoms. The van der Waals surface area contributed by atoms with Crippen LogP contribution in [0.4, 0.5) is 0 Å². The van der Waals surface area contributed by atoms with Gasteiger partial charge in [0.1, 0.15) is 4.75 Å². The maximum atomic E-state index is 11.5. The molecule has 1 aliphatic heterocycles. The van der Waals surface area contributed by atoms with Crippen LogP contribution in [0.3, 0.4) is 0 Å². The number of carbonyl (C=O) groups is 1. The van der Waals surface area contributed by atoms with Crippen LogP contribution in [0.1, 0.15) is 12.8 Å². The predicted molar refractivity (Wildman–Crippen MR) is 72.5 cm³/mol. The molecule has 1 aromatic carbocycles. The van der Waals surface area contributed by atoms with Gasteiger partial charge in [-0.25, -0.2) is 0 Å². The first-order chi connectivity index (χ1) is 8.14. The molecule has 1 heterocycles. The van der Waals surface area contributed by atoms with E-state index in [2.05, 4.69) is 21.2 Å². The Hall–Kier alpha value is -0.520. The van der Waals surface area contributed by atoms with Gasteiger partial charge in [0.2, 0.25) is 0 Å². The van der Waals surface area contributed by atoms with E-state index < -0.39 is 10.7 Å². The molecule has 3 nitrogen and oxygen atoms in total. The highest BCUT2D eigenvalue weighted by Crippen LogP contribution is 2.42. The van der Waals surface area contributed by atoms with Crippen LogP contribution in [-0.4, -0.2) is 28.9 Å². The topological polar surface area (TPSA) is 49.3 Å². The van der Waals surface area contributed by atoms with E-state index in [0.29, 0.717) is 12.8 Å². The van der Waals surface area contributed by atoms with E-state index in [1.165, 1.54) is 11.8 Å². The summed E-state index contributed by atoms with van der Waals surface area (Å²) in [5, 5.41) is 12.7. The van der Waals surface area contributed by atoms with Crippen LogP contribution in [0.25, 0.3) is 0 Å². The van der Waals surface area contributed by atoms with Crippen molar-refractivity contribution in [2.24, 2.45) is 0 Å². The van der Waals surface area contributed by atoms with Crippen LogP contribution in [-0.2, 0) is 4.79 Å². The molecule has 0 radical (unpaired) electrons. The van der Waals surface area contributed by atoms with Gasteiger partial charge in [0, 0.05) is 9.37 Å². The van der Waals surface area contributed by atoms with Crippen LogP contribution >= 0.6 is 27.7 Å². The molecule has 1 fully saturated rings. The number of halogens is 1. The molecule has 92 valence electrons. The highest BCUT2D eigenvalue weighted by Gasteiger charge is 2.41. The lowest BCUT2D eigenvalue weighted by atomic mass is 9.97. The minimum absolute atomic E-state index is 0.661. The number of piperidine rings is 1. The van der Waals surface area contributed by atoms with Crippen LogP contribution in [0, 0.1) is 0 Å². The molecule has 17 heavy (non-hydrogen) atoms. The van der Waals surface area contributed by atoms with Crippen molar-refractivity contribution >= 4 is 33.7 Å². The number of carboxylic acids is 1. The van der Waals surface area contributed by atoms with Crippen molar-refractivity contribution in [1.82, 2.24) is 5.32 Å². The summed E-state index contributed by atoms with van der Waals surface area (Å²) in [5.74, 6) is -0.709. The van der Waals surface area contributed by atoms with Gasteiger partial charge in [-0.2, -0.15) is 0 Å². The third-order valence-electron chi connectivity index (χ3n) is 2.94. The Labute approximate surface area is 113 Å². The van der Waals surface area contributed by atoms with E-state index in [-0.39, 0.29) is 0 Å². The molecule has 1 aromatic rings. The lowest BCUT2D eigenvalue weighted by Crippen LogP contribution is -2.45. The Balaban J connectivity index is 2.24. The number of thioether (sulfide) groups is 1. The molecule has 2 rings (SSSR count). The van der Waals surface area contributed by atoms with Crippen molar-refractivity contribution in [2.45, 2.75) is 22.5 Å². The maximum absolute atomic E-state index is 11.5. The average Bonchev–Trinajstić information content (AvgIpc) is 2.33. The number of rotatable bonds is 3. The van der Waals surface area contributed by atoms with Gasteiger partial charge in [-0.05, 0) is 54.0 Å². The third-order valence-corrected chi connectivity index (χ3v) is 5.45. The summed E-state index contributed by atoms with van der Waals surface area (Å²) in [6.07, 6.45) is 1.32. The quantitative estimate of drug-likeness (QED) is 0.900. The second-order valence-corrected chi connectivity index (χ2v) is 6.36. The van der Waals surface area contributed by atoms with E-state index in [1.807, 2.05) is 24.3 Å². The zero-order chi connectivity index (χ0) is 12.3. The number of hydrogen-bond acceptors (Lipinski definition) is 3. The van der Waals surface area contributed by atoms with Gasteiger partial charge >= 0.3 is 5.97 Å². The van der Waals surface area contributed by atoms with Crippen molar-refractivity contribution in [1.29, 1.82) is 0 Å². The monoisotopic (exact) mass is 315 g/mol. The van der Waals surface area contributed by atoms with Gasteiger partial charge in [-0.3, -0.25) is 4.79 Å². The van der Waals surface area contributed by atoms with Crippen molar-refractivity contribution in [3.05, 3.63) is 28.7 Å². The van der Waals surface area contributed by atoms with Crippen molar-refractivity contribution < 1.29 is 9.90 Å². The summed E-state index contributed by atoms with van der Waals surface area (Å²) < 4.78 is 0.277. The number of carboxylic acid groups (broad SMARTS) is 1. The number of nitrogens with one attached hydrogen (secondary N) is 1. The smallest absolute Gasteiger partial charge is 0.320 e. The molecule has 5 heteroatoms. The average molecular weight is 316 g/mol. The fourth-order valence-electron chi connectivity index (χ4n) is 1.93. The zero-order valence-electron chi connectivity index (χ0n) is 9.28. The van der Waals surface area contributed by atoms with Crippen LogP contribution in [0.15, 0.2) is 33.6 Å². The van der Waals surface area contributed by atoms with E-state index in [1.54, 1.807) is 0 Å². The molecular weight excluding hydrogens is 302 g/mol. The molecule has 0 saturated carbocycles. The maximum Gasteiger partial charge on any atom is 0.320 e. The van der Waals surface area contributed by atoms with E-state index in [0.717, 1.165) is 22.5 Å². The van der Waals surface area contributed by atoms with Crippen LogP contribution in [0.2, 0.25) is 0 Å². The molecular formula is C12H14BrNO2S. The first-order valence-electron chi connectivity index (χ1n) is 5.52. The predicted octanol–water partition coefficient (Wildman–Crippen LogP) is 2.75. The summed E-state index contributed by atoms with van der Waals surface area (Å²) >= 11 is 4.93. The molecule has 0 aliphatic carbocycles. The Kier molecular flexibility index (Phi) is 4.12. The lowest BCUT2D eigenvalue weighted by Gasteiger charge is -2.33. The lowest BCUT2D eigenvalue weighted by molar-refractivity contribution is -0.140. The van der Waals surface area contributed by atoms with Crippen LogP contribution < -0.4 is 5.32 Å². The molecule has 0 spiro atoms. The summed E-state index contributed by atoms with van der Waals surface area (Å²) in [6, 6.07) is 7.77. The van der Waals surface area contributed by atoms with Gasteiger partial charge in [-0.15, -0.1) is 11.8 Å². The van der Waals surface area contributed by atoms with Gasteiger partial charge < -0.3 is 10.4 Å². The highest BCUT2D eigenvalue weighted by atomic mass is 79.9. The van der Waals surface area contributed by atoms with Gasteiger partial charge in [0.05, 0.1) is 0 Å². The first kappa shape index (κ1) is 12.9. The van der Waals surface area contributed by atoms with Crippen molar-refractivity contribution in [3.63, 3.8) is 0 Å². The summed E-state index contributed by atoms with van der Waals surface area (Å²) in [5.41, 5.74) is 0. The Bertz CT molecular complexity index is 419. The second kappa shape index (κ2) is 5.42. The van der Waals surface area contributed by atoms with Crippen LogP contribution in [0.5, 0.6) is 0 Å². The minimum atomic E-state index is -0.709. The second-order valence-electron chi connectivity index (χ2n) is 4.08. The minimum Gasteiger partial charge on any atom is -0.480 e. The SMILES string of the molecule is O=C(O)C1(Sc2ccccc2Br)CCNCC1. The fraction of sp³-hybridized carbons (Fsp3) is 0.417. The molecule has 1 aliphatic rings. The normalized spacial score (nSPS) is 18.9. The summed E-state index contributed by atoms with van der Waals surface area (Å²) in [4.78, 5) is 12.5. The standard InChI is InChI=1S/C12H14BrNO2S/c13-9-3-1-2-4-10(9)17-12(11(15)16)5-7-14-8-6-12/h1-4,14H,5-8H2,(H,15,16). The molecule has 0 amide bonds. The molecule has 0 atom stereocenters. The largest absolute Gasteiger partial charge is 0.480 e. The number of benzene rings is 1. The Morgan fingerprint density at radius 1 is 1.35 bits per heavy atom. The fourth-order valence-corrected chi connectivity index (χ4v) is 3.68. The molecule has 2 N–H and O–H groups in total. The molecule has 0 unspecified atom stereocenters. The van der Waals surface area contributed by atoms with Gasteiger partial charge in [0.25, 0.3) is 0 Å². The summed E-state index contributed by atoms with van der Waals surface area (Å²) in [6.45, 7) is 1.54. The molecule has 0 aromatic heterocycles. The van der Waals surface area contributed by atoms with Gasteiger partial charge in [0.15, 0.2) is 0 Å². The molecule has 1 saturated heterocycles. The van der Waals surface area contributed by atoms with Crippen molar-refractivity contribution in [3.8, 4) is 0 Å². The summed E-state index contributed by atoms with van der Waals surface area (Å²) in [7, 11) is 0.